The third-order valence-electron chi connectivity index (χ3n) is 2.67. The van der Waals surface area contributed by atoms with Crippen molar-refractivity contribution < 1.29 is 9.13 Å². The molecule has 0 aliphatic rings. The lowest BCUT2D eigenvalue weighted by Crippen LogP contribution is -2.17. The van der Waals surface area contributed by atoms with Gasteiger partial charge < -0.3 is 10.5 Å². The van der Waals surface area contributed by atoms with Crippen LogP contribution in [0.25, 0.3) is 0 Å². The van der Waals surface area contributed by atoms with Crippen LogP contribution in [-0.2, 0) is 6.42 Å². The lowest BCUT2D eigenvalue weighted by atomic mass is 10.1. The first-order valence-corrected chi connectivity index (χ1v) is 7.71. The normalized spacial score (nSPS) is 12.2. The second kappa shape index (κ2) is 6.70. The fraction of sp³-hybridized carbons (Fsp3) is 0.200. The minimum Gasteiger partial charge on any atom is -0.455 e. The smallest absolute Gasteiger partial charge is 0.141 e. The van der Waals surface area contributed by atoms with Crippen LogP contribution in [0.4, 0.5) is 4.39 Å². The van der Waals surface area contributed by atoms with E-state index in [4.69, 9.17) is 10.5 Å². The SMILES string of the molecule is CC(N)Cc1ccc(Oc2ccc(F)cc2Br)c(Br)c1. The molecule has 5 heteroatoms. The van der Waals surface area contributed by atoms with Crippen molar-refractivity contribution in [2.45, 2.75) is 19.4 Å². The van der Waals surface area contributed by atoms with Gasteiger partial charge in [0.2, 0.25) is 0 Å². The summed E-state index contributed by atoms with van der Waals surface area (Å²) in [7, 11) is 0. The Morgan fingerprint density at radius 2 is 1.70 bits per heavy atom. The Bertz CT molecular complexity index is 617. The van der Waals surface area contributed by atoms with Crippen LogP contribution >= 0.6 is 31.9 Å². The van der Waals surface area contributed by atoms with Crippen molar-refractivity contribution in [3.63, 3.8) is 0 Å². The van der Waals surface area contributed by atoms with Gasteiger partial charge in [-0.1, -0.05) is 6.07 Å². The molecule has 0 radical (unpaired) electrons. The molecule has 0 aromatic heterocycles. The van der Waals surface area contributed by atoms with Crippen molar-refractivity contribution in [3.8, 4) is 11.5 Å². The highest BCUT2D eigenvalue weighted by Crippen LogP contribution is 2.34. The van der Waals surface area contributed by atoms with E-state index in [1.165, 1.54) is 12.1 Å². The van der Waals surface area contributed by atoms with Gasteiger partial charge in [0, 0.05) is 6.04 Å². The van der Waals surface area contributed by atoms with Crippen LogP contribution in [0.3, 0.4) is 0 Å². The highest BCUT2D eigenvalue weighted by atomic mass is 79.9. The summed E-state index contributed by atoms with van der Waals surface area (Å²) in [6.07, 6.45) is 0.805. The predicted octanol–water partition coefficient (Wildman–Crippen LogP) is 5.03. The summed E-state index contributed by atoms with van der Waals surface area (Å²) in [5.41, 5.74) is 6.92. The van der Waals surface area contributed by atoms with Crippen LogP contribution in [0.5, 0.6) is 11.5 Å². The molecule has 0 amide bonds. The van der Waals surface area contributed by atoms with Gasteiger partial charge in [-0.3, -0.25) is 0 Å². The molecule has 1 atom stereocenters. The molecule has 2 nitrogen and oxygen atoms in total. The van der Waals surface area contributed by atoms with Gasteiger partial charge in [0.1, 0.15) is 17.3 Å². The molecule has 0 fully saturated rings. The molecular formula is C15H14Br2FNO. The maximum Gasteiger partial charge on any atom is 0.141 e. The van der Waals surface area contributed by atoms with E-state index in [-0.39, 0.29) is 11.9 Å². The van der Waals surface area contributed by atoms with Crippen LogP contribution < -0.4 is 10.5 Å². The van der Waals surface area contributed by atoms with Crippen LogP contribution in [-0.4, -0.2) is 6.04 Å². The number of hydrogen-bond acceptors (Lipinski definition) is 2. The zero-order valence-corrected chi connectivity index (χ0v) is 14.0. The van der Waals surface area contributed by atoms with Crippen LogP contribution in [0.1, 0.15) is 12.5 Å². The highest BCUT2D eigenvalue weighted by molar-refractivity contribution is 9.11. The second-order valence-electron chi connectivity index (χ2n) is 4.62. The minimum absolute atomic E-state index is 0.111. The summed E-state index contributed by atoms with van der Waals surface area (Å²) < 4.78 is 20.2. The Morgan fingerprint density at radius 1 is 1.10 bits per heavy atom. The minimum atomic E-state index is -0.310. The van der Waals surface area contributed by atoms with Crippen molar-refractivity contribution >= 4 is 31.9 Å². The van der Waals surface area contributed by atoms with Crippen LogP contribution in [0.2, 0.25) is 0 Å². The van der Waals surface area contributed by atoms with Crippen molar-refractivity contribution in [1.29, 1.82) is 0 Å². The summed E-state index contributed by atoms with van der Waals surface area (Å²) in [6, 6.07) is 10.3. The molecule has 20 heavy (non-hydrogen) atoms. The van der Waals surface area contributed by atoms with Crippen molar-refractivity contribution in [2.24, 2.45) is 5.73 Å². The predicted molar refractivity (Wildman–Crippen MR) is 85.7 cm³/mol. The molecular weight excluding hydrogens is 389 g/mol. The summed E-state index contributed by atoms with van der Waals surface area (Å²) in [4.78, 5) is 0. The van der Waals surface area contributed by atoms with Crippen molar-refractivity contribution in [1.82, 2.24) is 0 Å². The van der Waals surface area contributed by atoms with Gasteiger partial charge in [-0.05, 0) is 81.1 Å². The van der Waals surface area contributed by atoms with Gasteiger partial charge in [-0.25, -0.2) is 4.39 Å². The molecule has 0 bridgehead atoms. The number of ether oxygens (including phenoxy) is 1. The first-order chi connectivity index (χ1) is 9.45. The van der Waals surface area contributed by atoms with E-state index in [2.05, 4.69) is 31.9 Å². The maximum absolute atomic E-state index is 13.0. The highest BCUT2D eigenvalue weighted by Gasteiger charge is 2.08. The van der Waals surface area contributed by atoms with Gasteiger partial charge in [-0.2, -0.15) is 0 Å². The van der Waals surface area contributed by atoms with Gasteiger partial charge >= 0.3 is 0 Å². The fourth-order valence-corrected chi connectivity index (χ4v) is 2.74. The average molecular weight is 403 g/mol. The third kappa shape index (κ3) is 4.04. The lowest BCUT2D eigenvalue weighted by Gasteiger charge is -2.11. The molecule has 0 saturated heterocycles. The molecule has 0 aliphatic heterocycles. The van der Waals surface area contributed by atoms with Gasteiger partial charge in [0.25, 0.3) is 0 Å². The van der Waals surface area contributed by atoms with E-state index in [1.54, 1.807) is 6.07 Å². The molecule has 0 spiro atoms. The quantitative estimate of drug-likeness (QED) is 0.777. The van der Waals surface area contributed by atoms with E-state index >= 15 is 0 Å². The number of halogens is 3. The molecule has 0 heterocycles. The van der Waals surface area contributed by atoms with E-state index in [1.807, 2.05) is 25.1 Å². The fourth-order valence-electron chi connectivity index (χ4n) is 1.80. The summed E-state index contributed by atoms with van der Waals surface area (Å²) in [5, 5.41) is 0. The van der Waals surface area contributed by atoms with Crippen LogP contribution in [0.15, 0.2) is 45.3 Å². The summed E-state index contributed by atoms with van der Waals surface area (Å²) >= 11 is 6.76. The third-order valence-corrected chi connectivity index (χ3v) is 3.91. The maximum atomic E-state index is 13.0. The van der Waals surface area contributed by atoms with Crippen molar-refractivity contribution in [2.75, 3.05) is 0 Å². The molecule has 2 N–H and O–H groups in total. The average Bonchev–Trinajstić information content (AvgIpc) is 2.34. The molecule has 1 unspecified atom stereocenters. The monoisotopic (exact) mass is 401 g/mol. The molecule has 106 valence electrons. The number of benzene rings is 2. The van der Waals surface area contributed by atoms with Gasteiger partial charge in [-0.15, -0.1) is 0 Å². The standard InChI is InChI=1S/C15H14Br2FNO/c1-9(19)6-10-2-4-14(12(16)7-10)20-15-5-3-11(18)8-13(15)17/h2-5,7-9H,6,19H2,1H3. The van der Waals surface area contributed by atoms with Gasteiger partial charge in [0.05, 0.1) is 8.95 Å². The Labute approximate surface area is 134 Å². The Kier molecular flexibility index (Phi) is 5.18. The van der Waals surface area contributed by atoms with Crippen molar-refractivity contribution in [3.05, 3.63) is 56.7 Å². The first-order valence-electron chi connectivity index (χ1n) is 6.12. The Morgan fingerprint density at radius 3 is 2.25 bits per heavy atom. The molecule has 0 saturated carbocycles. The van der Waals surface area contributed by atoms with E-state index in [9.17, 15) is 4.39 Å². The van der Waals surface area contributed by atoms with E-state index in [0.29, 0.717) is 16.0 Å². The zero-order chi connectivity index (χ0) is 14.7. The lowest BCUT2D eigenvalue weighted by molar-refractivity contribution is 0.474. The zero-order valence-electron chi connectivity index (χ0n) is 10.9. The first kappa shape index (κ1) is 15.5. The largest absolute Gasteiger partial charge is 0.455 e. The molecule has 2 aromatic carbocycles. The number of rotatable bonds is 4. The molecule has 2 aromatic rings. The molecule has 0 aliphatic carbocycles. The van der Waals surface area contributed by atoms with E-state index in [0.717, 1.165) is 16.5 Å². The summed E-state index contributed by atoms with van der Waals surface area (Å²) in [5.74, 6) is 0.924. The Balaban J connectivity index is 2.21. The number of nitrogens with two attached hydrogens (primary N) is 1. The summed E-state index contributed by atoms with van der Waals surface area (Å²) in [6.45, 7) is 1.97. The molecule has 2 rings (SSSR count). The topological polar surface area (TPSA) is 35.2 Å². The van der Waals surface area contributed by atoms with Crippen LogP contribution in [0, 0.1) is 5.82 Å². The Hall–Kier alpha value is -0.910. The number of hydrogen-bond donors (Lipinski definition) is 1. The van der Waals surface area contributed by atoms with Gasteiger partial charge in [0.15, 0.2) is 0 Å². The second-order valence-corrected chi connectivity index (χ2v) is 6.33. The van der Waals surface area contributed by atoms with E-state index < -0.39 is 0 Å².